The minimum absolute atomic E-state index is 0.0215. The Morgan fingerprint density at radius 2 is 2.16 bits per heavy atom. The molecule has 0 aromatic heterocycles. The molecule has 2 N–H and O–H groups in total. The van der Waals surface area contributed by atoms with Gasteiger partial charge in [0.2, 0.25) is 0 Å². The van der Waals surface area contributed by atoms with Gasteiger partial charge in [-0.15, -0.1) is 0 Å². The van der Waals surface area contributed by atoms with Crippen LogP contribution in [0.4, 0.5) is 15.8 Å². The summed E-state index contributed by atoms with van der Waals surface area (Å²) >= 11 is 0. The maximum absolute atomic E-state index is 13.1. The summed E-state index contributed by atoms with van der Waals surface area (Å²) in [6.07, 6.45) is 0.258. The smallest absolute Gasteiger partial charge is 0.295 e. The summed E-state index contributed by atoms with van der Waals surface area (Å²) in [6, 6.07) is 3.36. The highest BCUT2D eigenvalue weighted by Gasteiger charge is 2.20. The number of nitro groups is 1. The fourth-order valence-electron chi connectivity index (χ4n) is 1.71. The SMILES string of the molecule is CC(=O)CCN(CCN)c1ccc(F)cc1[N+](=O)[O-]. The number of ketones is 1. The molecular formula is C12H16FN3O3. The van der Waals surface area contributed by atoms with Gasteiger partial charge in [0.1, 0.15) is 17.3 Å². The largest absolute Gasteiger partial charge is 0.364 e. The standard InChI is InChI=1S/C12H16FN3O3/c1-9(17)4-6-15(7-5-14)11-3-2-10(13)8-12(11)16(18)19/h2-3,8H,4-7,14H2,1H3. The lowest BCUT2D eigenvalue weighted by molar-refractivity contribution is -0.384. The molecule has 0 amide bonds. The fraction of sp³-hybridized carbons (Fsp3) is 0.417. The Morgan fingerprint density at radius 3 is 2.68 bits per heavy atom. The van der Waals surface area contributed by atoms with Crippen molar-refractivity contribution in [3.05, 3.63) is 34.1 Å². The Morgan fingerprint density at radius 1 is 1.47 bits per heavy atom. The minimum atomic E-state index is -0.672. The van der Waals surface area contributed by atoms with E-state index in [4.69, 9.17) is 5.73 Å². The maximum atomic E-state index is 13.1. The van der Waals surface area contributed by atoms with Crippen molar-refractivity contribution in [1.82, 2.24) is 0 Å². The third kappa shape index (κ3) is 4.29. The van der Waals surface area contributed by atoms with Gasteiger partial charge in [0.15, 0.2) is 0 Å². The molecule has 6 nitrogen and oxygen atoms in total. The molecule has 1 aromatic rings. The number of nitrogens with zero attached hydrogens (tertiary/aromatic N) is 2. The summed E-state index contributed by atoms with van der Waals surface area (Å²) in [4.78, 5) is 22.9. The lowest BCUT2D eigenvalue weighted by Crippen LogP contribution is -2.31. The number of hydrogen-bond donors (Lipinski definition) is 1. The summed E-state index contributed by atoms with van der Waals surface area (Å²) in [6.45, 7) is 2.41. The zero-order valence-electron chi connectivity index (χ0n) is 10.6. The summed E-state index contributed by atoms with van der Waals surface area (Å²) < 4.78 is 13.1. The molecule has 0 unspecified atom stereocenters. The number of Topliss-reactive ketones (excluding diaryl/α,β-unsaturated/α-hetero) is 1. The number of halogens is 1. The van der Waals surface area contributed by atoms with Crippen LogP contribution in [-0.2, 0) is 4.79 Å². The van der Waals surface area contributed by atoms with Crippen LogP contribution in [0, 0.1) is 15.9 Å². The van der Waals surface area contributed by atoms with Crippen LogP contribution in [0.2, 0.25) is 0 Å². The summed E-state index contributed by atoms with van der Waals surface area (Å²) in [5, 5.41) is 10.9. The average Bonchev–Trinajstić information content (AvgIpc) is 2.34. The molecule has 19 heavy (non-hydrogen) atoms. The van der Waals surface area contributed by atoms with Crippen LogP contribution < -0.4 is 10.6 Å². The lowest BCUT2D eigenvalue weighted by atomic mass is 10.2. The van der Waals surface area contributed by atoms with Gasteiger partial charge in [-0.1, -0.05) is 0 Å². The topological polar surface area (TPSA) is 89.5 Å². The first-order chi connectivity index (χ1) is 8.95. The van der Waals surface area contributed by atoms with E-state index in [1.54, 1.807) is 4.90 Å². The third-order valence-electron chi connectivity index (χ3n) is 2.61. The molecule has 0 aliphatic heterocycles. The predicted molar refractivity (Wildman–Crippen MR) is 69.6 cm³/mol. The molecule has 0 aliphatic carbocycles. The molecule has 0 heterocycles. The summed E-state index contributed by atoms with van der Waals surface area (Å²) in [5.74, 6) is -0.693. The van der Waals surface area contributed by atoms with E-state index in [-0.39, 0.29) is 30.1 Å². The van der Waals surface area contributed by atoms with Crippen molar-refractivity contribution in [1.29, 1.82) is 0 Å². The van der Waals surface area contributed by atoms with Gasteiger partial charge in [-0.2, -0.15) is 0 Å². The first-order valence-electron chi connectivity index (χ1n) is 5.84. The average molecular weight is 269 g/mol. The van der Waals surface area contributed by atoms with Crippen LogP contribution in [0.25, 0.3) is 0 Å². The molecule has 104 valence electrons. The van der Waals surface area contributed by atoms with E-state index in [2.05, 4.69) is 0 Å². The van der Waals surface area contributed by atoms with Gasteiger partial charge < -0.3 is 10.6 Å². The number of nitrogens with two attached hydrogens (primary N) is 1. The highest BCUT2D eigenvalue weighted by molar-refractivity contribution is 5.76. The van der Waals surface area contributed by atoms with E-state index in [1.165, 1.54) is 13.0 Å². The molecule has 1 rings (SSSR count). The van der Waals surface area contributed by atoms with Crippen molar-refractivity contribution in [3.63, 3.8) is 0 Å². The minimum Gasteiger partial charge on any atom is -0.364 e. The van der Waals surface area contributed by atoms with Gasteiger partial charge in [0.25, 0.3) is 5.69 Å². The monoisotopic (exact) mass is 269 g/mol. The Balaban J connectivity index is 3.06. The second kappa shape index (κ2) is 6.79. The zero-order valence-corrected chi connectivity index (χ0v) is 10.6. The first-order valence-corrected chi connectivity index (χ1v) is 5.84. The van der Waals surface area contributed by atoms with Crippen LogP contribution in [0.3, 0.4) is 0 Å². The van der Waals surface area contributed by atoms with Crippen molar-refractivity contribution in [2.75, 3.05) is 24.5 Å². The molecular weight excluding hydrogens is 253 g/mol. The maximum Gasteiger partial charge on any atom is 0.295 e. The van der Waals surface area contributed by atoms with Gasteiger partial charge in [0, 0.05) is 26.1 Å². The fourth-order valence-corrected chi connectivity index (χ4v) is 1.71. The Kier molecular flexibility index (Phi) is 5.37. The van der Waals surface area contributed by atoms with E-state index in [1.807, 2.05) is 0 Å². The molecule has 0 atom stereocenters. The molecule has 7 heteroatoms. The molecule has 0 saturated carbocycles. The molecule has 0 spiro atoms. The van der Waals surface area contributed by atoms with Gasteiger partial charge in [0.05, 0.1) is 11.0 Å². The zero-order chi connectivity index (χ0) is 14.4. The van der Waals surface area contributed by atoms with E-state index in [0.29, 0.717) is 13.1 Å². The quantitative estimate of drug-likeness (QED) is 0.598. The van der Waals surface area contributed by atoms with Crippen molar-refractivity contribution >= 4 is 17.2 Å². The lowest BCUT2D eigenvalue weighted by Gasteiger charge is -2.23. The Hall–Kier alpha value is -2.02. The van der Waals surface area contributed by atoms with E-state index >= 15 is 0 Å². The van der Waals surface area contributed by atoms with Gasteiger partial charge in [-0.25, -0.2) is 4.39 Å². The van der Waals surface area contributed by atoms with Crippen LogP contribution in [0.5, 0.6) is 0 Å². The number of benzene rings is 1. The highest BCUT2D eigenvalue weighted by atomic mass is 19.1. The van der Waals surface area contributed by atoms with Crippen molar-refractivity contribution in [3.8, 4) is 0 Å². The Labute approximate surface area is 110 Å². The molecule has 0 radical (unpaired) electrons. The van der Waals surface area contributed by atoms with E-state index < -0.39 is 10.7 Å². The molecule has 1 aromatic carbocycles. The number of hydrogen-bond acceptors (Lipinski definition) is 5. The van der Waals surface area contributed by atoms with Crippen molar-refractivity contribution in [2.24, 2.45) is 5.73 Å². The predicted octanol–water partition coefficient (Wildman–Crippen LogP) is 1.48. The highest BCUT2D eigenvalue weighted by Crippen LogP contribution is 2.28. The van der Waals surface area contributed by atoms with E-state index in [0.717, 1.165) is 12.1 Å². The first kappa shape index (κ1) is 15.0. The van der Waals surface area contributed by atoms with Crippen LogP contribution in [0.1, 0.15) is 13.3 Å². The number of anilines is 1. The van der Waals surface area contributed by atoms with Gasteiger partial charge in [-0.3, -0.25) is 14.9 Å². The number of rotatable bonds is 7. The van der Waals surface area contributed by atoms with Crippen molar-refractivity contribution < 1.29 is 14.1 Å². The second-order valence-electron chi connectivity index (χ2n) is 4.12. The summed E-state index contributed by atoms with van der Waals surface area (Å²) in [5.41, 5.74) is 5.41. The van der Waals surface area contributed by atoms with Gasteiger partial charge in [-0.05, 0) is 19.1 Å². The summed E-state index contributed by atoms with van der Waals surface area (Å²) in [7, 11) is 0. The van der Waals surface area contributed by atoms with Crippen LogP contribution in [0.15, 0.2) is 18.2 Å². The molecule has 0 saturated heterocycles. The van der Waals surface area contributed by atoms with E-state index in [9.17, 15) is 19.3 Å². The molecule has 0 aliphatic rings. The third-order valence-corrected chi connectivity index (χ3v) is 2.61. The van der Waals surface area contributed by atoms with Gasteiger partial charge >= 0.3 is 0 Å². The molecule has 0 fully saturated rings. The van der Waals surface area contributed by atoms with Crippen molar-refractivity contribution in [2.45, 2.75) is 13.3 Å². The second-order valence-corrected chi connectivity index (χ2v) is 4.12. The number of carbonyl (C=O) groups is 1. The van der Waals surface area contributed by atoms with Crippen LogP contribution in [-0.4, -0.2) is 30.3 Å². The number of carbonyl (C=O) groups excluding carboxylic acids is 1. The normalized spacial score (nSPS) is 10.3. The number of nitro benzene ring substituents is 1. The Bertz CT molecular complexity index is 479. The van der Waals surface area contributed by atoms with Crippen LogP contribution >= 0.6 is 0 Å². The molecule has 0 bridgehead atoms.